The van der Waals surface area contributed by atoms with E-state index in [9.17, 15) is 4.79 Å². The van der Waals surface area contributed by atoms with Crippen LogP contribution in [0.15, 0.2) is 23.0 Å². The van der Waals surface area contributed by atoms with Gasteiger partial charge in [0.25, 0.3) is 0 Å². The molecule has 0 spiro atoms. The number of hydrogen-bond acceptors (Lipinski definition) is 1. The lowest BCUT2D eigenvalue weighted by Gasteiger charge is -2.21. The number of benzene rings is 1. The molecule has 3 rings (SSSR count). The molecule has 0 atom stereocenters. The summed E-state index contributed by atoms with van der Waals surface area (Å²) < 4.78 is 1.70. The summed E-state index contributed by atoms with van der Waals surface area (Å²) in [7, 11) is 1.83. The number of fused-ring (bicyclic) bond motifs is 1. The monoisotopic (exact) mass is 230 g/mol. The molecule has 3 heteroatoms. The summed E-state index contributed by atoms with van der Waals surface area (Å²) in [5, 5.41) is 0. The van der Waals surface area contributed by atoms with Gasteiger partial charge in [-0.25, -0.2) is 4.79 Å². The normalized spacial score (nSPS) is 17.7. The van der Waals surface area contributed by atoms with Crippen LogP contribution in [0.25, 0.3) is 11.0 Å². The summed E-state index contributed by atoms with van der Waals surface area (Å²) in [5.41, 5.74) is 3.34. The van der Waals surface area contributed by atoms with Crippen LogP contribution in [0.5, 0.6) is 0 Å². The molecular formula is C14H18N2O. The maximum Gasteiger partial charge on any atom is 0.326 e. The molecule has 0 saturated heterocycles. The van der Waals surface area contributed by atoms with Crippen molar-refractivity contribution in [2.24, 2.45) is 7.05 Å². The van der Waals surface area contributed by atoms with Crippen LogP contribution in [0.3, 0.4) is 0 Å². The quantitative estimate of drug-likeness (QED) is 0.803. The smallest absolute Gasteiger partial charge is 0.306 e. The minimum atomic E-state index is -0.0270. The van der Waals surface area contributed by atoms with E-state index >= 15 is 0 Å². The number of rotatable bonds is 1. The molecule has 1 aliphatic carbocycles. The molecule has 1 aromatic heterocycles. The third kappa shape index (κ3) is 1.79. The van der Waals surface area contributed by atoms with Crippen molar-refractivity contribution < 1.29 is 0 Å². The average molecular weight is 230 g/mol. The Morgan fingerprint density at radius 3 is 2.76 bits per heavy atom. The molecule has 17 heavy (non-hydrogen) atoms. The van der Waals surface area contributed by atoms with Crippen molar-refractivity contribution in [3.8, 4) is 0 Å². The molecule has 3 nitrogen and oxygen atoms in total. The molecule has 0 bridgehead atoms. The number of imidazole rings is 1. The van der Waals surface area contributed by atoms with Crippen molar-refractivity contribution in [3.63, 3.8) is 0 Å². The molecule has 1 saturated carbocycles. The second-order valence-corrected chi connectivity index (χ2v) is 5.10. The van der Waals surface area contributed by atoms with Crippen molar-refractivity contribution in [2.45, 2.75) is 38.0 Å². The Balaban J connectivity index is 2.05. The fraction of sp³-hybridized carbons (Fsp3) is 0.500. The summed E-state index contributed by atoms with van der Waals surface area (Å²) in [6.45, 7) is 0. The van der Waals surface area contributed by atoms with E-state index in [0.717, 1.165) is 11.0 Å². The lowest BCUT2D eigenvalue weighted by Crippen LogP contribution is -2.12. The first-order chi connectivity index (χ1) is 8.25. The van der Waals surface area contributed by atoms with Crippen molar-refractivity contribution in [1.82, 2.24) is 9.55 Å². The zero-order chi connectivity index (χ0) is 11.8. The van der Waals surface area contributed by atoms with Crippen LogP contribution >= 0.6 is 0 Å². The molecule has 0 unspecified atom stereocenters. The van der Waals surface area contributed by atoms with E-state index in [1.807, 2.05) is 13.1 Å². The Hall–Kier alpha value is -1.51. The third-order valence-electron chi connectivity index (χ3n) is 4.01. The van der Waals surface area contributed by atoms with E-state index in [2.05, 4.69) is 17.1 Å². The van der Waals surface area contributed by atoms with Crippen LogP contribution < -0.4 is 5.69 Å². The van der Waals surface area contributed by atoms with Gasteiger partial charge < -0.3 is 4.98 Å². The highest BCUT2D eigenvalue weighted by Crippen LogP contribution is 2.33. The van der Waals surface area contributed by atoms with Gasteiger partial charge in [0.1, 0.15) is 0 Å². The Labute approximate surface area is 100 Å². The summed E-state index contributed by atoms with van der Waals surface area (Å²) in [5.74, 6) is 0.693. The van der Waals surface area contributed by atoms with Gasteiger partial charge in [-0.05, 0) is 36.5 Å². The second kappa shape index (κ2) is 4.06. The van der Waals surface area contributed by atoms with E-state index < -0.39 is 0 Å². The molecule has 1 fully saturated rings. The minimum Gasteiger partial charge on any atom is -0.306 e. The Morgan fingerprint density at radius 2 is 2.00 bits per heavy atom. The molecule has 0 amide bonds. The molecule has 90 valence electrons. The van der Waals surface area contributed by atoms with Gasteiger partial charge in [0.05, 0.1) is 11.0 Å². The summed E-state index contributed by atoms with van der Waals surface area (Å²) in [4.78, 5) is 14.4. The Morgan fingerprint density at radius 1 is 1.24 bits per heavy atom. The molecule has 0 aliphatic heterocycles. The van der Waals surface area contributed by atoms with E-state index in [0.29, 0.717) is 5.92 Å². The number of aryl methyl sites for hydroxylation is 1. The van der Waals surface area contributed by atoms with Crippen LogP contribution in [0, 0.1) is 0 Å². The van der Waals surface area contributed by atoms with Gasteiger partial charge in [-0.15, -0.1) is 0 Å². The first kappa shape index (κ1) is 10.6. The summed E-state index contributed by atoms with van der Waals surface area (Å²) in [6, 6.07) is 6.40. The van der Waals surface area contributed by atoms with Gasteiger partial charge >= 0.3 is 5.69 Å². The van der Waals surface area contributed by atoms with Crippen molar-refractivity contribution in [3.05, 3.63) is 34.2 Å². The molecule has 1 heterocycles. The molecule has 1 aromatic carbocycles. The lowest BCUT2D eigenvalue weighted by molar-refractivity contribution is 0.444. The van der Waals surface area contributed by atoms with E-state index in [-0.39, 0.29) is 5.69 Å². The first-order valence-electron chi connectivity index (χ1n) is 6.44. The van der Waals surface area contributed by atoms with Crippen LogP contribution in [0.1, 0.15) is 43.6 Å². The zero-order valence-electron chi connectivity index (χ0n) is 10.2. The van der Waals surface area contributed by atoms with Gasteiger partial charge in [0.15, 0.2) is 0 Å². The number of nitrogens with zero attached hydrogens (tertiary/aromatic N) is 1. The van der Waals surface area contributed by atoms with Crippen LogP contribution in [-0.2, 0) is 7.05 Å². The molecule has 2 aromatic rings. The van der Waals surface area contributed by atoms with Crippen molar-refractivity contribution in [2.75, 3.05) is 0 Å². The number of nitrogens with one attached hydrogen (secondary N) is 1. The van der Waals surface area contributed by atoms with Crippen LogP contribution in [0.4, 0.5) is 0 Å². The van der Waals surface area contributed by atoms with Gasteiger partial charge in [-0.3, -0.25) is 4.57 Å². The highest BCUT2D eigenvalue weighted by Gasteiger charge is 2.16. The zero-order valence-corrected chi connectivity index (χ0v) is 10.2. The first-order valence-corrected chi connectivity index (χ1v) is 6.44. The number of hydrogen-bond donors (Lipinski definition) is 1. The molecule has 1 N–H and O–H groups in total. The van der Waals surface area contributed by atoms with Crippen molar-refractivity contribution in [1.29, 1.82) is 0 Å². The maximum atomic E-state index is 11.5. The predicted molar refractivity (Wildman–Crippen MR) is 69.4 cm³/mol. The third-order valence-corrected chi connectivity index (χ3v) is 4.01. The highest BCUT2D eigenvalue weighted by atomic mass is 16.1. The maximum absolute atomic E-state index is 11.5. The average Bonchev–Trinajstić information content (AvgIpc) is 2.66. The van der Waals surface area contributed by atoms with Gasteiger partial charge in [0.2, 0.25) is 0 Å². The van der Waals surface area contributed by atoms with E-state index in [1.165, 1.54) is 37.7 Å². The summed E-state index contributed by atoms with van der Waals surface area (Å²) >= 11 is 0. The fourth-order valence-electron chi connectivity index (χ4n) is 2.93. The van der Waals surface area contributed by atoms with Crippen LogP contribution in [0.2, 0.25) is 0 Å². The number of aromatic nitrogens is 2. The van der Waals surface area contributed by atoms with Gasteiger partial charge in [0, 0.05) is 7.05 Å². The number of H-pyrrole nitrogens is 1. The largest absolute Gasteiger partial charge is 0.326 e. The number of aromatic amines is 1. The standard InChI is InChI=1S/C14H18N2O/c1-16-13-9-11(10-5-3-2-4-6-10)7-8-12(13)15-14(16)17/h7-10H,2-6H2,1H3,(H,15,17). The fourth-order valence-corrected chi connectivity index (χ4v) is 2.93. The predicted octanol–water partition coefficient (Wildman–Crippen LogP) is 2.91. The Bertz CT molecular complexity index is 588. The lowest BCUT2D eigenvalue weighted by atomic mass is 9.84. The van der Waals surface area contributed by atoms with Crippen molar-refractivity contribution >= 4 is 11.0 Å². The minimum absolute atomic E-state index is 0.0270. The Kier molecular flexibility index (Phi) is 2.54. The topological polar surface area (TPSA) is 37.8 Å². The van der Waals surface area contributed by atoms with Gasteiger partial charge in [-0.2, -0.15) is 0 Å². The molecule has 0 radical (unpaired) electrons. The highest BCUT2D eigenvalue weighted by molar-refractivity contribution is 5.76. The van der Waals surface area contributed by atoms with E-state index in [1.54, 1.807) is 4.57 Å². The SMILES string of the molecule is Cn1c(=O)[nH]c2ccc(C3CCCCC3)cc21. The molecule has 1 aliphatic rings. The van der Waals surface area contributed by atoms with Crippen LogP contribution in [-0.4, -0.2) is 9.55 Å². The van der Waals surface area contributed by atoms with Gasteiger partial charge in [-0.1, -0.05) is 25.3 Å². The van der Waals surface area contributed by atoms with E-state index in [4.69, 9.17) is 0 Å². The second-order valence-electron chi connectivity index (χ2n) is 5.10. The summed E-state index contributed by atoms with van der Waals surface area (Å²) in [6.07, 6.45) is 6.65. The molecular weight excluding hydrogens is 212 g/mol.